The fraction of sp³-hybridized carbons (Fsp3) is 0.467. The molecule has 0 heterocycles. The molecule has 116 valence electrons. The van der Waals surface area contributed by atoms with Crippen molar-refractivity contribution < 1.29 is 19.1 Å². The zero-order valence-electron chi connectivity index (χ0n) is 12.6. The van der Waals surface area contributed by atoms with Crippen LogP contribution in [0, 0.1) is 0 Å². The van der Waals surface area contributed by atoms with Crippen molar-refractivity contribution in [2.24, 2.45) is 0 Å². The Balaban J connectivity index is 2.32. The van der Waals surface area contributed by atoms with E-state index in [0.717, 1.165) is 6.42 Å². The summed E-state index contributed by atoms with van der Waals surface area (Å²) < 4.78 is 10.3. The minimum atomic E-state index is -0.401. The van der Waals surface area contributed by atoms with Crippen LogP contribution in [0.2, 0.25) is 0 Å². The summed E-state index contributed by atoms with van der Waals surface area (Å²) in [5.74, 6) is -0.00705. The lowest BCUT2D eigenvalue weighted by Crippen LogP contribution is -2.30. The molecule has 0 unspecified atom stereocenters. The number of carbonyl (C=O) groups is 2. The van der Waals surface area contributed by atoms with Gasteiger partial charge in [0.15, 0.2) is 0 Å². The number of hydrogen-bond donors (Lipinski definition) is 2. The molecular formula is C15H22N2O4. The van der Waals surface area contributed by atoms with Gasteiger partial charge in [-0.25, -0.2) is 4.79 Å². The number of nitrogens with one attached hydrogen (secondary N) is 2. The zero-order chi connectivity index (χ0) is 15.7. The smallest absolute Gasteiger partial charge is 0.319 e. The lowest BCUT2D eigenvalue weighted by molar-refractivity contribution is -0.131. The summed E-state index contributed by atoms with van der Waals surface area (Å²) in [7, 11) is 0. The van der Waals surface area contributed by atoms with E-state index in [-0.39, 0.29) is 12.1 Å². The first-order chi connectivity index (χ1) is 9.97. The van der Waals surface area contributed by atoms with Crippen LogP contribution >= 0.6 is 0 Å². The Bertz CT molecular complexity index is 474. The van der Waals surface area contributed by atoms with Gasteiger partial charge in [0.2, 0.25) is 0 Å². The average Bonchev–Trinajstić information content (AvgIpc) is 2.37. The lowest BCUT2D eigenvalue weighted by atomic mass is 10.3. The second kappa shape index (κ2) is 8.97. The number of ether oxygens (including phenoxy) is 2. The van der Waals surface area contributed by atoms with Crippen molar-refractivity contribution in [3.05, 3.63) is 24.3 Å². The summed E-state index contributed by atoms with van der Waals surface area (Å²) in [6.45, 7) is 6.40. The van der Waals surface area contributed by atoms with Crippen molar-refractivity contribution >= 4 is 17.7 Å². The molecule has 0 atom stereocenters. The Morgan fingerprint density at radius 1 is 1.29 bits per heavy atom. The molecule has 0 fully saturated rings. The van der Waals surface area contributed by atoms with Gasteiger partial charge in [-0.15, -0.1) is 0 Å². The summed E-state index contributed by atoms with van der Waals surface area (Å²) in [5, 5.41) is 5.40. The highest BCUT2D eigenvalue weighted by molar-refractivity contribution is 5.89. The first-order valence-corrected chi connectivity index (χ1v) is 6.92. The maximum atomic E-state index is 11.7. The molecule has 1 aromatic carbocycles. The Labute approximate surface area is 124 Å². The van der Waals surface area contributed by atoms with Crippen molar-refractivity contribution in [2.75, 3.05) is 18.5 Å². The van der Waals surface area contributed by atoms with Gasteiger partial charge in [-0.2, -0.15) is 0 Å². The number of carbonyl (C=O) groups excluding carboxylic acids is 2. The van der Waals surface area contributed by atoms with Gasteiger partial charge in [-0.3, -0.25) is 4.79 Å². The lowest BCUT2D eigenvalue weighted by Gasteiger charge is -2.10. The van der Waals surface area contributed by atoms with Gasteiger partial charge in [0.25, 0.3) is 0 Å². The highest BCUT2D eigenvalue weighted by Gasteiger charge is 2.04. The van der Waals surface area contributed by atoms with Crippen molar-refractivity contribution in [1.82, 2.24) is 5.32 Å². The van der Waals surface area contributed by atoms with E-state index in [9.17, 15) is 9.59 Å². The van der Waals surface area contributed by atoms with Crippen LogP contribution in [0.15, 0.2) is 24.3 Å². The molecule has 0 bridgehead atoms. The SMILES string of the molecule is CC(=O)Oc1cccc(NC(=O)NCCCOC(C)C)c1. The van der Waals surface area contributed by atoms with E-state index in [4.69, 9.17) is 9.47 Å². The molecule has 0 aliphatic rings. The second-order valence-electron chi connectivity index (χ2n) is 4.78. The van der Waals surface area contributed by atoms with E-state index in [1.165, 1.54) is 6.92 Å². The molecule has 1 aromatic rings. The van der Waals surface area contributed by atoms with E-state index < -0.39 is 5.97 Å². The molecular weight excluding hydrogens is 272 g/mol. The topological polar surface area (TPSA) is 76.7 Å². The molecule has 0 saturated carbocycles. The molecule has 0 radical (unpaired) electrons. The van der Waals surface area contributed by atoms with E-state index >= 15 is 0 Å². The highest BCUT2D eigenvalue weighted by atomic mass is 16.5. The molecule has 0 aliphatic carbocycles. The van der Waals surface area contributed by atoms with Crippen molar-refractivity contribution in [3.63, 3.8) is 0 Å². The van der Waals surface area contributed by atoms with Gasteiger partial charge in [0, 0.05) is 31.8 Å². The zero-order valence-corrected chi connectivity index (χ0v) is 12.6. The fourth-order valence-electron chi connectivity index (χ4n) is 1.57. The summed E-state index contributed by atoms with van der Waals surface area (Å²) in [6.07, 6.45) is 0.946. The molecule has 0 spiro atoms. The Hall–Kier alpha value is -2.08. The molecule has 2 N–H and O–H groups in total. The number of rotatable bonds is 7. The van der Waals surface area contributed by atoms with Gasteiger partial charge < -0.3 is 20.1 Å². The van der Waals surface area contributed by atoms with Crippen LogP contribution in [0.5, 0.6) is 5.75 Å². The van der Waals surface area contributed by atoms with E-state index in [0.29, 0.717) is 24.6 Å². The summed E-state index contributed by atoms with van der Waals surface area (Å²) in [6, 6.07) is 6.34. The van der Waals surface area contributed by atoms with Crippen LogP contribution in [0.3, 0.4) is 0 Å². The number of esters is 1. The molecule has 6 heteroatoms. The van der Waals surface area contributed by atoms with Crippen molar-refractivity contribution in [1.29, 1.82) is 0 Å². The third-order valence-electron chi connectivity index (χ3n) is 2.41. The minimum absolute atomic E-state index is 0.197. The molecule has 0 aromatic heterocycles. The van der Waals surface area contributed by atoms with E-state index in [1.807, 2.05) is 13.8 Å². The third-order valence-corrected chi connectivity index (χ3v) is 2.41. The normalized spacial score (nSPS) is 10.3. The Morgan fingerprint density at radius 3 is 2.71 bits per heavy atom. The predicted molar refractivity (Wildman–Crippen MR) is 80.5 cm³/mol. The second-order valence-corrected chi connectivity index (χ2v) is 4.78. The van der Waals surface area contributed by atoms with Crippen LogP contribution in [0.25, 0.3) is 0 Å². The van der Waals surface area contributed by atoms with Crippen molar-refractivity contribution in [3.8, 4) is 5.75 Å². The number of benzene rings is 1. The summed E-state index contributed by atoms with van der Waals surface area (Å²) in [5.41, 5.74) is 0.560. The first-order valence-electron chi connectivity index (χ1n) is 6.92. The molecule has 21 heavy (non-hydrogen) atoms. The van der Waals surface area contributed by atoms with E-state index in [1.54, 1.807) is 24.3 Å². The fourth-order valence-corrected chi connectivity index (χ4v) is 1.57. The van der Waals surface area contributed by atoms with Gasteiger partial charge in [0.05, 0.1) is 6.10 Å². The van der Waals surface area contributed by atoms with Crippen LogP contribution in [-0.4, -0.2) is 31.3 Å². The number of hydrogen-bond acceptors (Lipinski definition) is 4. The molecule has 6 nitrogen and oxygen atoms in total. The largest absolute Gasteiger partial charge is 0.427 e. The quantitative estimate of drug-likeness (QED) is 0.460. The van der Waals surface area contributed by atoms with Gasteiger partial charge in [-0.1, -0.05) is 6.07 Å². The third kappa shape index (κ3) is 7.94. The minimum Gasteiger partial charge on any atom is -0.427 e. The van der Waals surface area contributed by atoms with Gasteiger partial charge in [0.1, 0.15) is 5.75 Å². The average molecular weight is 294 g/mol. The Kier molecular flexibility index (Phi) is 7.25. The highest BCUT2D eigenvalue weighted by Crippen LogP contribution is 2.17. The summed E-state index contributed by atoms with van der Waals surface area (Å²) >= 11 is 0. The monoisotopic (exact) mass is 294 g/mol. The molecule has 2 amide bonds. The van der Waals surface area contributed by atoms with Crippen LogP contribution < -0.4 is 15.4 Å². The summed E-state index contributed by atoms with van der Waals surface area (Å²) in [4.78, 5) is 22.5. The number of anilines is 1. The van der Waals surface area contributed by atoms with Crippen LogP contribution in [0.1, 0.15) is 27.2 Å². The number of urea groups is 1. The van der Waals surface area contributed by atoms with Gasteiger partial charge in [-0.05, 0) is 32.4 Å². The molecule has 0 saturated heterocycles. The van der Waals surface area contributed by atoms with Gasteiger partial charge >= 0.3 is 12.0 Å². The van der Waals surface area contributed by atoms with E-state index in [2.05, 4.69) is 10.6 Å². The van der Waals surface area contributed by atoms with Crippen molar-refractivity contribution in [2.45, 2.75) is 33.3 Å². The standard InChI is InChI=1S/C15H22N2O4/c1-11(2)20-9-5-8-16-15(19)17-13-6-4-7-14(10-13)21-12(3)18/h4,6-7,10-11H,5,8-9H2,1-3H3,(H2,16,17,19). The number of amides is 2. The molecule has 1 rings (SSSR count). The Morgan fingerprint density at radius 2 is 2.05 bits per heavy atom. The van der Waals surface area contributed by atoms with Crippen LogP contribution in [-0.2, 0) is 9.53 Å². The van der Waals surface area contributed by atoms with Crippen LogP contribution in [0.4, 0.5) is 10.5 Å². The predicted octanol–water partition coefficient (Wildman–Crippen LogP) is 2.55. The molecule has 0 aliphatic heterocycles. The maximum Gasteiger partial charge on any atom is 0.319 e. The first kappa shape index (κ1) is 17.0. The maximum absolute atomic E-state index is 11.7.